The third-order valence-corrected chi connectivity index (χ3v) is 6.13. The van der Waals surface area contributed by atoms with Crippen molar-refractivity contribution in [3.63, 3.8) is 0 Å². The highest BCUT2D eigenvalue weighted by Crippen LogP contribution is 2.45. The molecular weight excluding hydrogens is 422 g/mol. The summed E-state index contributed by atoms with van der Waals surface area (Å²) in [5, 5.41) is 18.2. The number of nitrogens with zero attached hydrogens (tertiary/aromatic N) is 5. The van der Waals surface area contributed by atoms with Crippen molar-refractivity contribution in [2.45, 2.75) is 68.9 Å². The molecule has 0 amide bonds. The number of aromatic nitrogens is 5. The van der Waals surface area contributed by atoms with Crippen LogP contribution in [-0.4, -0.2) is 72.5 Å². The largest absolute Gasteiger partial charge is 0.480 e. The highest BCUT2D eigenvalue weighted by molar-refractivity contribution is 7.99. The van der Waals surface area contributed by atoms with E-state index in [9.17, 15) is 4.79 Å². The van der Waals surface area contributed by atoms with Gasteiger partial charge < -0.3 is 19.3 Å². The van der Waals surface area contributed by atoms with Gasteiger partial charge in [-0.2, -0.15) is 0 Å². The van der Waals surface area contributed by atoms with E-state index in [0.717, 1.165) is 12.2 Å². The Balaban J connectivity index is 1.68. The van der Waals surface area contributed by atoms with Crippen molar-refractivity contribution in [3.05, 3.63) is 5.15 Å². The van der Waals surface area contributed by atoms with Crippen LogP contribution in [0.1, 0.15) is 39.7 Å². The molecule has 1 N–H and O–H groups in total. The van der Waals surface area contributed by atoms with Gasteiger partial charge in [0, 0.05) is 12.2 Å². The standard InChI is InChI=1S/C17H22ClN5O5S/c1-4-5-29-16-19-14(18)11-15(20-16)23(22-21-11)8-6-9(26-7-10(24)25)13-12(8)27-17(2,3)28-13/h8-9,12-13H,4-7H2,1-3H3,(H,24,25)/t8-,9+,12+,13-/m1/s1. The predicted molar refractivity (Wildman–Crippen MR) is 104 cm³/mol. The minimum Gasteiger partial charge on any atom is -0.480 e. The van der Waals surface area contributed by atoms with Crippen molar-refractivity contribution >= 4 is 40.5 Å². The summed E-state index contributed by atoms with van der Waals surface area (Å²) in [6, 6.07) is -0.291. The zero-order valence-corrected chi connectivity index (χ0v) is 17.8. The first-order valence-electron chi connectivity index (χ1n) is 9.39. The number of hydrogen-bond donors (Lipinski definition) is 1. The van der Waals surface area contributed by atoms with Crippen LogP contribution in [0.5, 0.6) is 0 Å². The predicted octanol–water partition coefficient (Wildman–Crippen LogP) is 2.31. The molecule has 2 fully saturated rings. The molecule has 1 saturated carbocycles. The van der Waals surface area contributed by atoms with Gasteiger partial charge in [-0.3, -0.25) is 0 Å². The van der Waals surface area contributed by atoms with Gasteiger partial charge in [0.05, 0.1) is 12.1 Å². The van der Waals surface area contributed by atoms with Crippen LogP contribution in [0.25, 0.3) is 11.2 Å². The quantitative estimate of drug-likeness (QED) is 0.387. The number of rotatable bonds is 7. The molecule has 4 rings (SSSR count). The van der Waals surface area contributed by atoms with Crippen LogP contribution in [-0.2, 0) is 19.0 Å². The zero-order valence-electron chi connectivity index (χ0n) is 16.2. The van der Waals surface area contributed by atoms with Gasteiger partial charge in [0.25, 0.3) is 0 Å². The highest BCUT2D eigenvalue weighted by Gasteiger charge is 2.56. The zero-order chi connectivity index (χ0) is 20.8. The molecule has 12 heteroatoms. The molecule has 1 aliphatic carbocycles. The average Bonchev–Trinajstić information content (AvgIpc) is 3.29. The maximum absolute atomic E-state index is 11.0. The van der Waals surface area contributed by atoms with Crippen molar-refractivity contribution in [2.24, 2.45) is 0 Å². The minimum atomic E-state index is -1.04. The third-order valence-electron chi connectivity index (χ3n) is 4.81. The number of carboxylic acid groups (broad SMARTS) is 1. The number of halogens is 1. The Kier molecular flexibility index (Phi) is 5.68. The van der Waals surface area contributed by atoms with E-state index in [2.05, 4.69) is 27.2 Å². The second-order valence-corrected chi connectivity index (χ2v) is 8.88. The molecule has 0 aromatic carbocycles. The summed E-state index contributed by atoms with van der Waals surface area (Å²) >= 11 is 7.82. The molecule has 0 unspecified atom stereocenters. The maximum atomic E-state index is 11.0. The van der Waals surface area contributed by atoms with E-state index in [0.29, 0.717) is 22.7 Å². The smallest absolute Gasteiger partial charge is 0.329 e. The van der Waals surface area contributed by atoms with Gasteiger partial charge in [0.15, 0.2) is 27.3 Å². The number of thioether (sulfide) groups is 1. The maximum Gasteiger partial charge on any atom is 0.329 e. The molecule has 10 nitrogen and oxygen atoms in total. The van der Waals surface area contributed by atoms with Crippen LogP contribution >= 0.6 is 23.4 Å². The molecule has 0 bridgehead atoms. The van der Waals surface area contributed by atoms with Gasteiger partial charge in [-0.05, 0) is 20.3 Å². The lowest BCUT2D eigenvalue weighted by Crippen LogP contribution is -2.32. The first kappa shape index (κ1) is 20.7. The topological polar surface area (TPSA) is 121 Å². The molecule has 0 spiro atoms. The van der Waals surface area contributed by atoms with E-state index in [1.54, 1.807) is 4.68 Å². The molecule has 0 radical (unpaired) electrons. The Hall–Kier alpha value is -1.53. The molecule has 3 heterocycles. The first-order valence-corrected chi connectivity index (χ1v) is 10.8. The molecule has 1 aliphatic heterocycles. The van der Waals surface area contributed by atoms with Gasteiger partial charge in [-0.25, -0.2) is 19.4 Å². The van der Waals surface area contributed by atoms with E-state index in [1.807, 2.05) is 13.8 Å². The lowest BCUT2D eigenvalue weighted by molar-refractivity contribution is -0.173. The number of fused-ring (bicyclic) bond motifs is 2. The molecule has 2 aliphatic rings. The van der Waals surface area contributed by atoms with Crippen LogP contribution in [0.3, 0.4) is 0 Å². The molecule has 29 heavy (non-hydrogen) atoms. The molecule has 158 valence electrons. The Morgan fingerprint density at radius 2 is 2.14 bits per heavy atom. The van der Waals surface area contributed by atoms with E-state index >= 15 is 0 Å². The van der Waals surface area contributed by atoms with Crippen molar-refractivity contribution in [2.75, 3.05) is 12.4 Å². The fraction of sp³-hybridized carbons (Fsp3) is 0.706. The van der Waals surface area contributed by atoms with Gasteiger partial charge >= 0.3 is 5.97 Å². The van der Waals surface area contributed by atoms with Crippen molar-refractivity contribution in [3.8, 4) is 0 Å². The van der Waals surface area contributed by atoms with Gasteiger partial charge in [0.2, 0.25) is 0 Å². The minimum absolute atomic E-state index is 0.247. The van der Waals surface area contributed by atoms with Crippen molar-refractivity contribution in [1.29, 1.82) is 0 Å². The second-order valence-electron chi connectivity index (χ2n) is 7.46. The number of hydrogen-bond acceptors (Lipinski definition) is 9. The highest BCUT2D eigenvalue weighted by atomic mass is 35.5. The lowest BCUT2D eigenvalue weighted by Gasteiger charge is -2.23. The van der Waals surface area contributed by atoms with E-state index in [1.165, 1.54) is 11.8 Å². The second kappa shape index (κ2) is 7.95. The lowest BCUT2D eigenvalue weighted by atomic mass is 10.2. The van der Waals surface area contributed by atoms with E-state index < -0.39 is 30.6 Å². The summed E-state index contributed by atoms with van der Waals surface area (Å²) in [4.78, 5) is 19.9. The fourth-order valence-electron chi connectivity index (χ4n) is 3.75. The van der Waals surface area contributed by atoms with Gasteiger partial charge in [-0.1, -0.05) is 35.5 Å². The normalized spacial score (nSPS) is 28.1. The van der Waals surface area contributed by atoms with Crippen molar-refractivity contribution < 1.29 is 24.1 Å². The number of carbonyl (C=O) groups is 1. The summed E-state index contributed by atoms with van der Waals surface area (Å²) in [7, 11) is 0. The summed E-state index contributed by atoms with van der Waals surface area (Å²) < 4.78 is 19.4. The van der Waals surface area contributed by atoms with Gasteiger partial charge in [-0.15, -0.1) is 5.10 Å². The van der Waals surface area contributed by atoms with Crippen LogP contribution < -0.4 is 0 Å². The summed E-state index contributed by atoms with van der Waals surface area (Å²) in [5.74, 6) is -0.982. The summed E-state index contributed by atoms with van der Waals surface area (Å²) in [6.07, 6.45) is 0.189. The Morgan fingerprint density at radius 3 is 2.86 bits per heavy atom. The fourth-order valence-corrected chi connectivity index (χ4v) is 4.69. The third kappa shape index (κ3) is 4.06. The van der Waals surface area contributed by atoms with E-state index in [-0.39, 0.29) is 17.3 Å². The molecule has 2 aromatic heterocycles. The van der Waals surface area contributed by atoms with Crippen molar-refractivity contribution in [1.82, 2.24) is 25.0 Å². The monoisotopic (exact) mass is 443 g/mol. The Bertz CT molecular complexity index is 925. The van der Waals surface area contributed by atoms with Crippen LogP contribution in [0, 0.1) is 0 Å². The molecule has 4 atom stereocenters. The van der Waals surface area contributed by atoms with Crippen LogP contribution in [0.4, 0.5) is 0 Å². The molecule has 2 aromatic rings. The number of aliphatic carboxylic acids is 1. The Morgan fingerprint density at radius 1 is 1.38 bits per heavy atom. The number of carboxylic acids is 1. The average molecular weight is 444 g/mol. The van der Waals surface area contributed by atoms with Gasteiger partial charge in [0.1, 0.15) is 18.8 Å². The summed E-state index contributed by atoms with van der Waals surface area (Å²) in [5.41, 5.74) is 0.927. The van der Waals surface area contributed by atoms with Crippen LogP contribution in [0.2, 0.25) is 5.15 Å². The Labute approximate surface area is 176 Å². The molecule has 1 saturated heterocycles. The SMILES string of the molecule is CCCSc1nc(Cl)c2nnn([C@@H]3C[C@H](OCC(=O)O)[C@H]4OC(C)(C)O[C@H]43)c2n1. The van der Waals surface area contributed by atoms with E-state index in [4.69, 9.17) is 30.9 Å². The van der Waals surface area contributed by atoms with Crippen LogP contribution in [0.15, 0.2) is 5.16 Å². The number of ether oxygens (including phenoxy) is 3. The molecular formula is C17H22ClN5O5S. The first-order chi connectivity index (χ1) is 13.8. The summed E-state index contributed by atoms with van der Waals surface area (Å²) in [6.45, 7) is 5.30.